The first-order chi connectivity index (χ1) is 13.2. The summed E-state index contributed by atoms with van der Waals surface area (Å²) in [6.45, 7) is 2.24. The molecule has 3 rings (SSSR count). The average molecular weight is 411 g/mol. The van der Waals surface area contributed by atoms with Crippen molar-refractivity contribution in [1.29, 1.82) is 0 Å². The summed E-state index contributed by atoms with van der Waals surface area (Å²) in [6, 6.07) is 11.6. The molecule has 1 heterocycles. The molecule has 2 N–H and O–H groups in total. The van der Waals surface area contributed by atoms with Crippen LogP contribution in [0, 0.1) is 6.92 Å². The minimum atomic E-state index is -4.37. The Morgan fingerprint density at radius 3 is 2.39 bits per heavy atom. The van der Waals surface area contributed by atoms with E-state index in [9.17, 15) is 23.1 Å². The van der Waals surface area contributed by atoms with Gasteiger partial charge >= 0.3 is 12.1 Å². The van der Waals surface area contributed by atoms with Crippen molar-refractivity contribution in [3.8, 4) is 0 Å². The third kappa shape index (κ3) is 4.00. The SMILES string of the molecule is Cc1c(CC(NCl)C(=O)O)c2ccccc2n1Cc1ccc(C(F)(F)F)cc1. The number of carboxylic acid groups (broad SMARTS) is 1. The van der Waals surface area contributed by atoms with Gasteiger partial charge in [-0.25, -0.2) is 4.84 Å². The molecule has 28 heavy (non-hydrogen) atoms. The molecule has 0 fully saturated rings. The van der Waals surface area contributed by atoms with Gasteiger partial charge in [0.2, 0.25) is 0 Å². The Kier molecular flexibility index (Phi) is 5.67. The van der Waals surface area contributed by atoms with Crippen LogP contribution in [0.2, 0.25) is 0 Å². The Labute approximate surface area is 164 Å². The molecular weight excluding hydrogens is 393 g/mol. The number of para-hydroxylation sites is 1. The van der Waals surface area contributed by atoms with E-state index in [1.807, 2.05) is 35.8 Å². The Hall–Kier alpha value is -2.51. The zero-order chi connectivity index (χ0) is 20.5. The first-order valence-corrected chi connectivity index (χ1v) is 8.92. The van der Waals surface area contributed by atoms with E-state index >= 15 is 0 Å². The van der Waals surface area contributed by atoms with E-state index in [2.05, 4.69) is 4.84 Å². The molecule has 0 aliphatic heterocycles. The number of nitrogens with zero attached hydrogens (tertiary/aromatic N) is 1. The van der Waals surface area contributed by atoms with E-state index in [1.165, 1.54) is 12.1 Å². The molecule has 0 saturated carbocycles. The van der Waals surface area contributed by atoms with E-state index in [0.717, 1.165) is 34.3 Å². The second-order valence-electron chi connectivity index (χ2n) is 6.57. The fourth-order valence-electron chi connectivity index (χ4n) is 3.32. The fourth-order valence-corrected chi connectivity index (χ4v) is 3.49. The normalized spacial score (nSPS) is 13.0. The maximum absolute atomic E-state index is 12.8. The number of halogens is 4. The first kappa shape index (κ1) is 20.2. The van der Waals surface area contributed by atoms with Gasteiger partial charge in [-0.05, 0) is 48.0 Å². The molecule has 0 spiro atoms. The van der Waals surface area contributed by atoms with Crippen molar-refractivity contribution in [3.05, 3.63) is 70.9 Å². The van der Waals surface area contributed by atoms with E-state index in [1.54, 1.807) is 0 Å². The van der Waals surface area contributed by atoms with Gasteiger partial charge < -0.3 is 9.67 Å². The number of aliphatic carboxylic acids is 1. The molecule has 8 heteroatoms. The Bertz CT molecular complexity index is 997. The van der Waals surface area contributed by atoms with Gasteiger partial charge in [-0.3, -0.25) is 4.79 Å². The summed E-state index contributed by atoms with van der Waals surface area (Å²) in [6.07, 6.45) is -4.19. The smallest absolute Gasteiger partial charge is 0.416 e. The third-order valence-corrected chi connectivity index (χ3v) is 5.08. The summed E-state index contributed by atoms with van der Waals surface area (Å²) >= 11 is 5.57. The van der Waals surface area contributed by atoms with Crippen LogP contribution < -0.4 is 4.84 Å². The molecular formula is C20H18ClF3N2O2. The molecule has 1 unspecified atom stereocenters. The molecule has 0 aliphatic rings. The second-order valence-corrected chi connectivity index (χ2v) is 6.78. The van der Waals surface area contributed by atoms with Crippen LogP contribution >= 0.6 is 11.8 Å². The molecule has 1 aromatic heterocycles. The van der Waals surface area contributed by atoms with Crippen LogP contribution in [0.1, 0.15) is 22.4 Å². The maximum Gasteiger partial charge on any atom is 0.416 e. The first-order valence-electron chi connectivity index (χ1n) is 8.54. The Morgan fingerprint density at radius 1 is 1.18 bits per heavy atom. The van der Waals surface area contributed by atoms with Gasteiger partial charge in [0.25, 0.3) is 0 Å². The topological polar surface area (TPSA) is 54.3 Å². The molecule has 4 nitrogen and oxygen atoms in total. The zero-order valence-corrected chi connectivity index (χ0v) is 15.7. The van der Waals surface area contributed by atoms with E-state index < -0.39 is 23.8 Å². The summed E-state index contributed by atoms with van der Waals surface area (Å²) in [7, 11) is 0. The number of aromatic nitrogens is 1. The lowest BCUT2D eigenvalue weighted by atomic mass is 10.0. The van der Waals surface area contributed by atoms with Crippen LogP contribution in [-0.4, -0.2) is 21.7 Å². The van der Waals surface area contributed by atoms with Gasteiger partial charge in [0.05, 0.1) is 5.56 Å². The number of benzene rings is 2. The summed E-state index contributed by atoms with van der Waals surface area (Å²) in [4.78, 5) is 13.6. The largest absolute Gasteiger partial charge is 0.480 e. The van der Waals surface area contributed by atoms with Gasteiger partial charge in [0, 0.05) is 29.6 Å². The lowest BCUT2D eigenvalue weighted by Gasteiger charge is -2.12. The molecule has 0 amide bonds. The quantitative estimate of drug-likeness (QED) is 0.576. The summed E-state index contributed by atoms with van der Waals surface area (Å²) < 4.78 is 40.3. The van der Waals surface area contributed by atoms with E-state index in [4.69, 9.17) is 11.8 Å². The predicted molar refractivity (Wildman–Crippen MR) is 101 cm³/mol. The minimum absolute atomic E-state index is 0.186. The predicted octanol–water partition coefficient (Wildman–Crippen LogP) is 4.76. The van der Waals surface area contributed by atoms with Gasteiger partial charge in [-0.1, -0.05) is 30.3 Å². The fraction of sp³-hybridized carbons (Fsp3) is 0.250. The molecule has 0 radical (unpaired) electrons. The lowest BCUT2D eigenvalue weighted by Crippen LogP contribution is -2.32. The van der Waals surface area contributed by atoms with Gasteiger partial charge in [-0.15, -0.1) is 0 Å². The average Bonchev–Trinajstić information content (AvgIpc) is 2.91. The van der Waals surface area contributed by atoms with Crippen LogP contribution in [0.3, 0.4) is 0 Å². The van der Waals surface area contributed by atoms with Crippen molar-refractivity contribution in [2.24, 2.45) is 0 Å². The van der Waals surface area contributed by atoms with Crippen LogP contribution in [0.15, 0.2) is 48.5 Å². The Balaban J connectivity index is 2.00. The standard InChI is InChI=1S/C20H18ClF3N2O2/c1-12-16(10-17(25-21)19(27)28)15-4-2-3-5-18(15)26(12)11-13-6-8-14(9-7-13)20(22,23)24/h2-9,17,25H,10-11H2,1H3,(H,27,28). The van der Waals surface area contributed by atoms with Crippen LogP contribution in [0.4, 0.5) is 13.2 Å². The van der Waals surface area contributed by atoms with Crippen molar-refractivity contribution in [3.63, 3.8) is 0 Å². The Morgan fingerprint density at radius 2 is 1.82 bits per heavy atom. The zero-order valence-electron chi connectivity index (χ0n) is 14.9. The third-order valence-electron chi connectivity index (χ3n) is 4.82. The second kappa shape index (κ2) is 7.85. The number of fused-ring (bicyclic) bond motifs is 1. The molecule has 3 aromatic rings. The number of carboxylic acids is 1. The summed E-state index contributed by atoms with van der Waals surface area (Å²) in [5.41, 5.74) is 2.59. The number of rotatable bonds is 6. The maximum atomic E-state index is 12.8. The molecule has 0 saturated heterocycles. The van der Waals surface area contributed by atoms with Gasteiger partial charge in [0.1, 0.15) is 6.04 Å². The van der Waals surface area contributed by atoms with Crippen molar-refractivity contribution in [2.75, 3.05) is 0 Å². The highest BCUT2D eigenvalue weighted by atomic mass is 35.5. The highest BCUT2D eigenvalue weighted by molar-refractivity contribution is 6.14. The number of alkyl halides is 3. The van der Waals surface area contributed by atoms with Crippen LogP contribution in [0.5, 0.6) is 0 Å². The lowest BCUT2D eigenvalue weighted by molar-refractivity contribution is -0.139. The van der Waals surface area contributed by atoms with E-state index in [0.29, 0.717) is 12.1 Å². The highest BCUT2D eigenvalue weighted by Crippen LogP contribution is 2.31. The molecule has 1 atom stereocenters. The van der Waals surface area contributed by atoms with Crippen molar-refractivity contribution >= 4 is 28.6 Å². The number of hydrogen-bond acceptors (Lipinski definition) is 2. The number of carbonyl (C=O) groups is 1. The van der Waals surface area contributed by atoms with Gasteiger partial charge in [-0.2, -0.15) is 13.2 Å². The van der Waals surface area contributed by atoms with Crippen molar-refractivity contribution in [2.45, 2.75) is 32.1 Å². The minimum Gasteiger partial charge on any atom is -0.480 e. The van der Waals surface area contributed by atoms with E-state index in [-0.39, 0.29) is 6.42 Å². The van der Waals surface area contributed by atoms with Crippen LogP contribution in [0.25, 0.3) is 10.9 Å². The monoisotopic (exact) mass is 410 g/mol. The number of hydrogen-bond donors (Lipinski definition) is 2. The van der Waals surface area contributed by atoms with Crippen molar-refractivity contribution in [1.82, 2.24) is 9.40 Å². The molecule has 0 bridgehead atoms. The summed E-state index contributed by atoms with van der Waals surface area (Å²) in [5.74, 6) is -1.06. The molecule has 0 aliphatic carbocycles. The van der Waals surface area contributed by atoms with Crippen LogP contribution in [-0.2, 0) is 23.9 Å². The summed E-state index contributed by atoms with van der Waals surface area (Å²) in [5, 5.41) is 10.2. The molecule has 148 valence electrons. The van der Waals surface area contributed by atoms with Gasteiger partial charge in [0.15, 0.2) is 0 Å². The highest BCUT2D eigenvalue weighted by Gasteiger charge is 2.30. The number of nitrogens with one attached hydrogen (secondary N) is 1. The van der Waals surface area contributed by atoms with Crippen molar-refractivity contribution < 1.29 is 23.1 Å². The molecule has 2 aromatic carbocycles.